The Bertz CT molecular complexity index is 522. The largest absolute Gasteiger partial charge is 0.478 e. The molecule has 0 aliphatic carbocycles. The molecule has 0 amide bonds. The lowest BCUT2D eigenvalue weighted by Crippen LogP contribution is -2.11. The topological polar surface area (TPSA) is 71.4 Å². The van der Waals surface area contributed by atoms with Crippen LogP contribution in [-0.2, 0) is 16.3 Å². The number of rotatable bonds is 5. The molecule has 17 heavy (non-hydrogen) atoms. The highest BCUT2D eigenvalue weighted by Gasteiger charge is 2.11. The van der Waals surface area contributed by atoms with E-state index in [2.05, 4.69) is 0 Å². The van der Waals surface area contributed by atoms with Crippen molar-refractivity contribution in [3.05, 3.63) is 34.3 Å². The standard InChI is InChI=1S/C11H13ClO4S/c1-2-17(15,16)6-5-8-3-4-9(11(13)14)10(12)7-8/h3-4,7H,2,5-6H2,1H3,(H,13,14). The zero-order valence-electron chi connectivity index (χ0n) is 9.31. The third-order valence-electron chi connectivity index (χ3n) is 2.41. The Kier molecular flexibility index (Phi) is 4.54. The van der Waals surface area contributed by atoms with Gasteiger partial charge in [-0.25, -0.2) is 13.2 Å². The van der Waals surface area contributed by atoms with Gasteiger partial charge in [-0.3, -0.25) is 0 Å². The molecule has 0 saturated carbocycles. The molecule has 0 saturated heterocycles. The molecular formula is C11H13ClO4S. The first-order chi connectivity index (χ1) is 7.85. The van der Waals surface area contributed by atoms with Gasteiger partial charge in [-0.1, -0.05) is 24.6 Å². The van der Waals surface area contributed by atoms with Crippen molar-refractivity contribution in [3.8, 4) is 0 Å². The number of benzene rings is 1. The fourth-order valence-electron chi connectivity index (χ4n) is 1.31. The second-order valence-corrected chi connectivity index (χ2v) is 6.49. The molecule has 0 unspecified atom stereocenters. The van der Waals surface area contributed by atoms with Crippen LogP contribution < -0.4 is 0 Å². The van der Waals surface area contributed by atoms with Crippen LogP contribution in [0.2, 0.25) is 5.02 Å². The first kappa shape index (κ1) is 14.0. The van der Waals surface area contributed by atoms with Crippen LogP contribution >= 0.6 is 11.6 Å². The first-order valence-corrected chi connectivity index (χ1v) is 7.28. The fraction of sp³-hybridized carbons (Fsp3) is 0.364. The molecular weight excluding hydrogens is 264 g/mol. The lowest BCUT2D eigenvalue weighted by atomic mass is 10.1. The van der Waals surface area contributed by atoms with Crippen molar-refractivity contribution >= 4 is 27.4 Å². The molecule has 0 fully saturated rings. The minimum absolute atomic E-state index is 0.0220. The Morgan fingerprint density at radius 1 is 1.41 bits per heavy atom. The van der Waals surface area contributed by atoms with Gasteiger partial charge in [0.25, 0.3) is 0 Å². The van der Waals surface area contributed by atoms with Crippen LogP contribution in [0.3, 0.4) is 0 Å². The van der Waals surface area contributed by atoms with Gasteiger partial charge in [0.05, 0.1) is 16.3 Å². The van der Waals surface area contributed by atoms with Gasteiger partial charge in [0.2, 0.25) is 0 Å². The summed E-state index contributed by atoms with van der Waals surface area (Å²) in [6.07, 6.45) is 0.343. The summed E-state index contributed by atoms with van der Waals surface area (Å²) in [6, 6.07) is 4.47. The molecule has 0 atom stereocenters. The predicted octanol–water partition coefficient (Wildman–Crippen LogP) is 2.02. The highest BCUT2D eigenvalue weighted by molar-refractivity contribution is 7.91. The van der Waals surface area contributed by atoms with Gasteiger partial charge in [0.15, 0.2) is 0 Å². The third kappa shape index (κ3) is 4.02. The van der Waals surface area contributed by atoms with Crippen molar-refractivity contribution in [2.75, 3.05) is 11.5 Å². The number of aryl methyl sites for hydroxylation is 1. The summed E-state index contributed by atoms with van der Waals surface area (Å²) < 4.78 is 22.6. The van der Waals surface area contributed by atoms with Gasteiger partial charge in [-0.15, -0.1) is 0 Å². The van der Waals surface area contributed by atoms with E-state index >= 15 is 0 Å². The van der Waals surface area contributed by atoms with Crippen molar-refractivity contribution in [1.29, 1.82) is 0 Å². The van der Waals surface area contributed by atoms with Crippen molar-refractivity contribution in [2.45, 2.75) is 13.3 Å². The molecule has 0 aromatic heterocycles. The maximum atomic E-state index is 11.3. The first-order valence-electron chi connectivity index (χ1n) is 5.08. The quantitative estimate of drug-likeness (QED) is 0.893. The number of aromatic carboxylic acids is 1. The monoisotopic (exact) mass is 276 g/mol. The van der Waals surface area contributed by atoms with E-state index in [1.165, 1.54) is 12.1 Å². The molecule has 1 N–H and O–H groups in total. The molecule has 0 bridgehead atoms. The van der Waals surface area contributed by atoms with Crippen LogP contribution in [0.5, 0.6) is 0 Å². The SMILES string of the molecule is CCS(=O)(=O)CCc1ccc(C(=O)O)c(Cl)c1. The van der Waals surface area contributed by atoms with Gasteiger partial charge < -0.3 is 5.11 Å². The van der Waals surface area contributed by atoms with Crippen molar-refractivity contribution < 1.29 is 18.3 Å². The zero-order valence-corrected chi connectivity index (χ0v) is 10.9. The van der Waals surface area contributed by atoms with Crippen molar-refractivity contribution in [3.63, 3.8) is 0 Å². The summed E-state index contributed by atoms with van der Waals surface area (Å²) in [5.41, 5.74) is 0.741. The number of carboxylic acids is 1. The average molecular weight is 277 g/mol. The predicted molar refractivity (Wildman–Crippen MR) is 66.4 cm³/mol. The van der Waals surface area contributed by atoms with Crippen molar-refractivity contribution in [2.24, 2.45) is 0 Å². The van der Waals surface area contributed by atoms with Gasteiger partial charge in [-0.05, 0) is 24.1 Å². The molecule has 1 rings (SSSR count). The van der Waals surface area contributed by atoms with E-state index in [4.69, 9.17) is 16.7 Å². The summed E-state index contributed by atoms with van der Waals surface area (Å²) >= 11 is 5.78. The maximum absolute atomic E-state index is 11.3. The lowest BCUT2D eigenvalue weighted by Gasteiger charge is -2.04. The van der Waals surface area contributed by atoms with Crippen LogP contribution in [-0.4, -0.2) is 31.0 Å². The molecule has 1 aromatic rings. The second kappa shape index (κ2) is 5.51. The summed E-state index contributed by atoms with van der Waals surface area (Å²) in [5.74, 6) is -0.942. The minimum atomic E-state index is -3.02. The number of halogens is 1. The van der Waals surface area contributed by atoms with Crippen LogP contribution in [0.1, 0.15) is 22.8 Å². The fourth-order valence-corrected chi connectivity index (χ4v) is 2.42. The highest BCUT2D eigenvalue weighted by atomic mass is 35.5. The van der Waals surface area contributed by atoms with E-state index in [0.717, 1.165) is 5.56 Å². The van der Waals surface area contributed by atoms with E-state index in [0.29, 0.717) is 6.42 Å². The third-order valence-corrected chi connectivity index (χ3v) is 4.42. The number of carbonyl (C=O) groups is 1. The minimum Gasteiger partial charge on any atom is -0.478 e. The smallest absolute Gasteiger partial charge is 0.337 e. The van der Waals surface area contributed by atoms with Gasteiger partial charge in [-0.2, -0.15) is 0 Å². The van der Waals surface area contributed by atoms with Gasteiger partial charge >= 0.3 is 5.97 Å². The molecule has 1 aromatic carbocycles. The number of hydrogen-bond acceptors (Lipinski definition) is 3. The van der Waals surface area contributed by atoms with Crippen LogP contribution in [0.25, 0.3) is 0 Å². The average Bonchev–Trinajstić information content (AvgIpc) is 2.26. The van der Waals surface area contributed by atoms with Gasteiger partial charge in [0.1, 0.15) is 9.84 Å². The highest BCUT2D eigenvalue weighted by Crippen LogP contribution is 2.18. The number of hydrogen-bond donors (Lipinski definition) is 1. The summed E-state index contributed by atoms with van der Waals surface area (Å²) in [7, 11) is -3.02. The summed E-state index contributed by atoms with van der Waals surface area (Å²) in [5, 5.41) is 8.90. The van der Waals surface area contributed by atoms with Crippen LogP contribution in [0.15, 0.2) is 18.2 Å². The van der Waals surface area contributed by atoms with Crippen LogP contribution in [0, 0.1) is 0 Å². The summed E-state index contributed by atoms with van der Waals surface area (Å²) in [4.78, 5) is 10.7. The lowest BCUT2D eigenvalue weighted by molar-refractivity contribution is 0.0697. The number of carboxylic acid groups (broad SMARTS) is 1. The second-order valence-electron chi connectivity index (χ2n) is 3.61. The Hall–Kier alpha value is -1.07. The Morgan fingerprint density at radius 3 is 2.53 bits per heavy atom. The van der Waals surface area contributed by atoms with E-state index in [1.807, 2.05) is 0 Å². The van der Waals surface area contributed by atoms with Crippen LogP contribution in [0.4, 0.5) is 0 Å². The van der Waals surface area contributed by atoms with Crippen molar-refractivity contribution in [1.82, 2.24) is 0 Å². The number of sulfone groups is 1. The van der Waals surface area contributed by atoms with E-state index in [-0.39, 0.29) is 22.1 Å². The molecule has 94 valence electrons. The molecule has 0 heterocycles. The zero-order chi connectivity index (χ0) is 13.1. The molecule has 0 radical (unpaired) electrons. The Balaban J connectivity index is 2.82. The van der Waals surface area contributed by atoms with Gasteiger partial charge in [0, 0.05) is 5.75 Å². The molecule has 0 spiro atoms. The van der Waals surface area contributed by atoms with E-state index in [1.54, 1.807) is 13.0 Å². The normalized spacial score (nSPS) is 11.4. The van der Waals surface area contributed by atoms with E-state index < -0.39 is 15.8 Å². The Morgan fingerprint density at radius 2 is 2.06 bits per heavy atom. The molecule has 0 aliphatic rings. The Labute approximate surface area is 105 Å². The van der Waals surface area contributed by atoms with E-state index in [9.17, 15) is 13.2 Å². The molecule has 0 aliphatic heterocycles. The molecule has 4 nitrogen and oxygen atoms in total. The molecule has 6 heteroatoms. The maximum Gasteiger partial charge on any atom is 0.337 e. The summed E-state index contributed by atoms with van der Waals surface area (Å²) in [6.45, 7) is 1.59.